The van der Waals surface area contributed by atoms with Crippen molar-refractivity contribution in [3.63, 3.8) is 0 Å². The zero-order chi connectivity index (χ0) is 17.7. The first-order valence-electron chi connectivity index (χ1n) is 7.59. The molecule has 1 aromatic heterocycles. The van der Waals surface area contributed by atoms with Crippen molar-refractivity contribution in [2.45, 2.75) is 37.7 Å². The Labute approximate surface area is 136 Å². The minimum atomic E-state index is -4.25. The van der Waals surface area contributed by atoms with Crippen LogP contribution >= 0.6 is 0 Å². The molecule has 0 radical (unpaired) electrons. The fraction of sp³-hybridized carbons (Fsp3) is 0.600. The van der Waals surface area contributed by atoms with Crippen molar-refractivity contribution in [2.24, 2.45) is 11.7 Å². The highest BCUT2D eigenvalue weighted by atomic mass is 19.3. The molecule has 1 amide bonds. The van der Waals surface area contributed by atoms with E-state index >= 15 is 0 Å². The van der Waals surface area contributed by atoms with Gasteiger partial charge in [0.25, 0.3) is 5.91 Å². The fourth-order valence-corrected chi connectivity index (χ4v) is 2.59. The van der Waals surface area contributed by atoms with Crippen LogP contribution in [0.25, 0.3) is 0 Å². The number of alkyl halides is 4. The number of hydrogen-bond donors (Lipinski definition) is 2. The van der Waals surface area contributed by atoms with E-state index < -0.39 is 19.0 Å². The second-order valence-electron chi connectivity index (χ2n) is 5.74. The first kappa shape index (κ1) is 18.4. The molecule has 1 heterocycles. The smallest absolute Gasteiger partial charge is 0.340 e. The SMILES string of the molecule is NCC1CCCC1NC(=O)c1ccc(OCC(F)(F)C(F)F)nc1. The van der Waals surface area contributed by atoms with Crippen molar-refractivity contribution in [1.29, 1.82) is 0 Å². The summed E-state index contributed by atoms with van der Waals surface area (Å²) in [6, 6.07) is 2.53. The molecule has 0 aromatic carbocycles. The molecule has 0 bridgehead atoms. The summed E-state index contributed by atoms with van der Waals surface area (Å²) in [7, 11) is 0. The Hall–Kier alpha value is -1.90. The third-order valence-corrected chi connectivity index (χ3v) is 4.01. The largest absolute Gasteiger partial charge is 0.471 e. The van der Waals surface area contributed by atoms with Gasteiger partial charge < -0.3 is 15.8 Å². The maximum absolute atomic E-state index is 12.8. The molecule has 1 fully saturated rings. The van der Waals surface area contributed by atoms with E-state index in [-0.39, 0.29) is 29.3 Å². The lowest BCUT2D eigenvalue weighted by Crippen LogP contribution is -2.39. The van der Waals surface area contributed by atoms with Gasteiger partial charge in [0.1, 0.15) is 0 Å². The van der Waals surface area contributed by atoms with E-state index in [2.05, 4.69) is 15.0 Å². The summed E-state index contributed by atoms with van der Waals surface area (Å²) in [4.78, 5) is 15.8. The number of hydrogen-bond acceptors (Lipinski definition) is 4. The van der Waals surface area contributed by atoms with Gasteiger partial charge in [0.2, 0.25) is 5.88 Å². The van der Waals surface area contributed by atoms with Gasteiger partial charge in [-0.05, 0) is 31.4 Å². The van der Waals surface area contributed by atoms with E-state index in [1.54, 1.807) is 0 Å². The summed E-state index contributed by atoms with van der Waals surface area (Å²) in [5.41, 5.74) is 5.88. The van der Waals surface area contributed by atoms with Crippen LogP contribution in [0.1, 0.15) is 29.6 Å². The highest BCUT2D eigenvalue weighted by molar-refractivity contribution is 5.94. The molecule has 24 heavy (non-hydrogen) atoms. The Bertz CT molecular complexity index is 554. The maximum atomic E-state index is 12.8. The summed E-state index contributed by atoms with van der Waals surface area (Å²) in [6.45, 7) is -0.988. The topological polar surface area (TPSA) is 77.2 Å². The van der Waals surface area contributed by atoms with E-state index in [9.17, 15) is 22.4 Å². The molecular weight excluding hydrogens is 330 g/mol. The summed E-state index contributed by atoms with van der Waals surface area (Å²) >= 11 is 0. The van der Waals surface area contributed by atoms with E-state index in [0.29, 0.717) is 6.54 Å². The van der Waals surface area contributed by atoms with Crippen LogP contribution in [0, 0.1) is 5.92 Å². The summed E-state index contributed by atoms with van der Waals surface area (Å²) in [6.07, 6.45) is 0.147. The first-order chi connectivity index (χ1) is 11.3. The number of carbonyl (C=O) groups is 1. The van der Waals surface area contributed by atoms with Crippen molar-refractivity contribution in [1.82, 2.24) is 10.3 Å². The number of ether oxygens (including phenoxy) is 1. The van der Waals surface area contributed by atoms with Crippen LogP contribution in [-0.4, -0.2) is 42.4 Å². The molecule has 3 N–H and O–H groups in total. The monoisotopic (exact) mass is 349 g/mol. The van der Waals surface area contributed by atoms with Crippen LogP contribution in [0.3, 0.4) is 0 Å². The van der Waals surface area contributed by atoms with E-state index in [1.807, 2.05) is 0 Å². The van der Waals surface area contributed by atoms with Crippen molar-refractivity contribution in [3.8, 4) is 5.88 Å². The Morgan fingerprint density at radius 3 is 2.75 bits per heavy atom. The maximum Gasteiger partial charge on any atom is 0.340 e. The van der Waals surface area contributed by atoms with Crippen molar-refractivity contribution in [3.05, 3.63) is 23.9 Å². The number of pyridine rings is 1. The van der Waals surface area contributed by atoms with Gasteiger partial charge in [-0.2, -0.15) is 8.78 Å². The van der Waals surface area contributed by atoms with E-state index in [0.717, 1.165) is 25.5 Å². The third-order valence-electron chi connectivity index (χ3n) is 4.01. The lowest BCUT2D eigenvalue weighted by atomic mass is 10.0. The van der Waals surface area contributed by atoms with E-state index in [4.69, 9.17) is 5.73 Å². The number of nitrogens with zero attached hydrogens (tertiary/aromatic N) is 1. The lowest BCUT2D eigenvalue weighted by molar-refractivity contribution is -0.148. The number of amides is 1. The summed E-state index contributed by atoms with van der Waals surface area (Å²) in [5, 5.41) is 2.87. The molecule has 0 aliphatic heterocycles. The van der Waals surface area contributed by atoms with Gasteiger partial charge in [0.05, 0.1) is 5.56 Å². The predicted octanol–water partition coefficient (Wildman–Crippen LogP) is 2.22. The molecule has 0 spiro atoms. The van der Waals surface area contributed by atoms with Crippen LogP contribution in [0.2, 0.25) is 0 Å². The minimum absolute atomic E-state index is 0.00293. The zero-order valence-corrected chi connectivity index (χ0v) is 12.9. The quantitative estimate of drug-likeness (QED) is 0.740. The molecule has 134 valence electrons. The van der Waals surface area contributed by atoms with Crippen LogP contribution in [0.5, 0.6) is 5.88 Å². The minimum Gasteiger partial charge on any atom is -0.471 e. The van der Waals surface area contributed by atoms with Crippen LogP contribution < -0.4 is 15.8 Å². The Morgan fingerprint density at radius 1 is 1.42 bits per heavy atom. The highest BCUT2D eigenvalue weighted by Crippen LogP contribution is 2.25. The molecule has 2 unspecified atom stereocenters. The lowest BCUT2D eigenvalue weighted by Gasteiger charge is -2.19. The average Bonchev–Trinajstić information content (AvgIpc) is 3.00. The molecule has 0 saturated heterocycles. The predicted molar refractivity (Wildman–Crippen MR) is 78.3 cm³/mol. The zero-order valence-electron chi connectivity index (χ0n) is 12.9. The Morgan fingerprint density at radius 2 is 2.17 bits per heavy atom. The number of nitrogens with one attached hydrogen (secondary N) is 1. The summed E-state index contributed by atoms with van der Waals surface area (Å²) < 4.78 is 54.1. The molecule has 9 heteroatoms. The first-order valence-corrected chi connectivity index (χ1v) is 7.59. The Balaban J connectivity index is 1.90. The van der Waals surface area contributed by atoms with Gasteiger partial charge >= 0.3 is 12.3 Å². The van der Waals surface area contributed by atoms with Gasteiger partial charge in [0.15, 0.2) is 6.61 Å². The van der Waals surface area contributed by atoms with Gasteiger partial charge in [-0.15, -0.1) is 0 Å². The van der Waals surface area contributed by atoms with E-state index in [1.165, 1.54) is 12.1 Å². The van der Waals surface area contributed by atoms with Crippen molar-refractivity contribution >= 4 is 5.91 Å². The molecule has 1 aromatic rings. The van der Waals surface area contributed by atoms with Crippen LogP contribution in [0.15, 0.2) is 18.3 Å². The normalized spacial score (nSPS) is 21.1. The second kappa shape index (κ2) is 7.78. The van der Waals surface area contributed by atoms with Crippen LogP contribution in [0.4, 0.5) is 17.6 Å². The van der Waals surface area contributed by atoms with Gasteiger partial charge in [0, 0.05) is 18.3 Å². The number of aromatic nitrogens is 1. The highest BCUT2D eigenvalue weighted by Gasteiger charge is 2.41. The molecule has 1 aliphatic carbocycles. The molecule has 1 aliphatic rings. The van der Waals surface area contributed by atoms with Crippen molar-refractivity contribution < 1.29 is 27.1 Å². The third kappa shape index (κ3) is 4.56. The standard InChI is InChI=1S/C15H19F4N3O2/c16-14(17)15(18,19)8-24-12-5-4-10(7-21-12)13(23)22-11-3-1-2-9(11)6-20/h4-5,7,9,11,14H,1-3,6,8,20H2,(H,22,23). The van der Waals surface area contributed by atoms with Gasteiger partial charge in [-0.1, -0.05) is 6.42 Å². The number of carbonyl (C=O) groups excluding carboxylic acids is 1. The molecule has 2 rings (SSSR count). The molecule has 2 atom stereocenters. The second-order valence-corrected chi connectivity index (χ2v) is 5.74. The number of rotatable bonds is 7. The Kier molecular flexibility index (Phi) is 5.98. The number of nitrogens with two attached hydrogens (primary N) is 1. The molecular formula is C15H19F4N3O2. The van der Waals surface area contributed by atoms with Gasteiger partial charge in [-0.3, -0.25) is 4.79 Å². The van der Waals surface area contributed by atoms with Crippen LogP contribution in [-0.2, 0) is 0 Å². The summed E-state index contributed by atoms with van der Waals surface area (Å²) in [5.74, 6) is -4.62. The van der Waals surface area contributed by atoms with Crippen molar-refractivity contribution in [2.75, 3.05) is 13.2 Å². The fourth-order valence-electron chi connectivity index (χ4n) is 2.59. The average molecular weight is 349 g/mol. The molecule has 5 nitrogen and oxygen atoms in total. The number of halogens is 4. The van der Waals surface area contributed by atoms with Gasteiger partial charge in [-0.25, -0.2) is 13.8 Å². The molecule has 1 saturated carbocycles.